The summed E-state index contributed by atoms with van der Waals surface area (Å²) in [4.78, 5) is 18.2. The lowest BCUT2D eigenvalue weighted by Gasteiger charge is -2.31. The topological polar surface area (TPSA) is 23.6 Å². The minimum atomic E-state index is -0.0838. The number of nitrogens with zero attached hydrogens (tertiary/aromatic N) is 2. The molecule has 0 saturated heterocycles. The van der Waals surface area contributed by atoms with Crippen molar-refractivity contribution in [2.24, 2.45) is 0 Å². The summed E-state index contributed by atoms with van der Waals surface area (Å²) in [6.45, 7) is 7.09. The Kier molecular flexibility index (Phi) is 6.88. The third-order valence-electron chi connectivity index (χ3n) is 6.84. The molecule has 0 N–H and O–H groups in total. The summed E-state index contributed by atoms with van der Waals surface area (Å²) in [5.41, 5.74) is 8.34. The fourth-order valence-corrected chi connectivity index (χ4v) is 4.78. The second kappa shape index (κ2) is 9.82. The predicted molar refractivity (Wildman–Crippen MR) is 139 cm³/mol. The second-order valence-electron chi connectivity index (χ2n) is 9.88. The summed E-state index contributed by atoms with van der Waals surface area (Å²) in [7, 11) is 4.09. The summed E-state index contributed by atoms with van der Waals surface area (Å²) in [5.74, 6) is 0.588. The van der Waals surface area contributed by atoms with Gasteiger partial charge in [-0.1, -0.05) is 61.9 Å². The fourth-order valence-electron chi connectivity index (χ4n) is 4.78. The Bertz CT molecular complexity index is 1100. The maximum Gasteiger partial charge on any atom is 0.234 e. The second-order valence-corrected chi connectivity index (χ2v) is 9.88. The quantitative estimate of drug-likeness (QED) is 0.419. The molecule has 1 atom stereocenters. The molecule has 3 nitrogen and oxygen atoms in total. The van der Waals surface area contributed by atoms with E-state index in [4.69, 9.17) is 0 Å². The van der Waals surface area contributed by atoms with Crippen molar-refractivity contribution >= 4 is 17.3 Å². The molecule has 0 saturated carbocycles. The molecule has 1 amide bonds. The number of aryl methyl sites for hydroxylation is 2. The van der Waals surface area contributed by atoms with E-state index in [0.29, 0.717) is 12.5 Å². The SMILES string of the molecule is Cc1ccc2c(c1)C(C(=O)N(Cc1ccc(N(C)C)cc1)c1ccc(C(C)C)cc1)CCC2. The highest BCUT2D eigenvalue weighted by Crippen LogP contribution is 2.35. The Hall–Kier alpha value is -3.07. The molecule has 0 radical (unpaired) electrons. The van der Waals surface area contributed by atoms with Crippen LogP contribution in [-0.4, -0.2) is 20.0 Å². The molecule has 3 aromatic rings. The van der Waals surface area contributed by atoms with E-state index in [0.717, 1.165) is 36.2 Å². The summed E-state index contributed by atoms with van der Waals surface area (Å²) in [5, 5.41) is 0. The Balaban J connectivity index is 1.69. The lowest BCUT2D eigenvalue weighted by molar-refractivity contribution is -0.120. The van der Waals surface area contributed by atoms with E-state index in [1.807, 2.05) is 19.0 Å². The first kappa shape index (κ1) is 23.1. The van der Waals surface area contributed by atoms with Crippen LogP contribution in [0.1, 0.15) is 66.3 Å². The number of hydrogen-bond donors (Lipinski definition) is 0. The maximum absolute atomic E-state index is 14.1. The van der Waals surface area contributed by atoms with Gasteiger partial charge in [-0.2, -0.15) is 0 Å². The van der Waals surface area contributed by atoms with Crippen LogP contribution in [0.15, 0.2) is 66.7 Å². The number of hydrogen-bond acceptors (Lipinski definition) is 2. The molecule has 0 heterocycles. The average molecular weight is 441 g/mol. The lowest BCUT2D eigenvalue weighted by atomic mass is 9.81. The first-order valence-electron chi connectivity index (χ1n) is 12.1. The molecule has 0 aromatic heterocycles. The van der Waals surface area contributed by atoms with Crippen LogP contribution in [-0.2, 0) is 17.8 Å². The van der Waals surface area contributed by atoms with Gasteiger partial charge in [-0.3, -0.25) is 4.79 Å². The number of carbonyl (C=O) groups is 1. The van der Waals surface area contributed by atoms with Crippen LogP contribution in [0.3, 0.4) is 0 Å². The molecule has 4 rings (SSSR count). The van der Waals surface area contributed by atoms with E-state index in [2.05, 4.69) is 92.4 Å². The van der Waals surface area contributed by atoms with Gasteiger partial charge in [-0.25, -0.2) is 0 Å². The number of anilines is 2. The Morgan fingerprint density at radius 1 is 0.939 bits per heavy atom. The highest BCUT2D eigenvalue weighted by molar-refractivity contribution is 5.98. The first-order valence-corrected chi connectivity index (χ1v) is 12.1. The molecule has 0 aliphatic heterocycles. The van der Waals surface area contributed by atoms with Gasteiger partial charge in [0, 0.05) is 25.5 Å². The molecule has 0 fully saturated rings. The van der Waals surface area contributed by atoms with Crippen LogP contribution in [0.2, 0.25) is 0 Å². The van der Waals surface area contributed by atoms with Crippen molar-refractivity contribution in [2.75, 3.05) is 23.9 Å². The highest BCUT2D eigenvalue weighted by Gasteiger charge is 2.31. The Morgan fingerprint density at radius 2 is 1.61 bits per heavy atom. The zero-order valence-corrected chi connectivity index (χ0v) is 20.6. The van der Waals surface area contributed by atoms with Crippen molar-refractivity contribution in [3.05, 3.63) is 94.5 Å². The van der Waals surface area contributed by atoms with Gasteiger partial charge in [0.15, 0.2) is 0 Å². The largest absolute Gasteiger partial charge is 0.378 e. The molecule has 1 aliphatic rings. The van der Waals surface area contributed by atoms with Gasteiger partial charge in [0.05, 0.1) is 12.5 Å². The van der Waals surface area contributed by atoms with Gasteiger partial charge in [-0.15, -0.1) is 0 Å². The molecule has 1 unspecified atom stereocenters. The molecule has 3 aromatic carbocycles. The monoisotopic (exact) mass is 440 g/mol. The minimum absolute atomic E-state index is 0.0838. The van der Waals surface area contributed by atoms with Crippen LogP contribution in [0.25, 0.3) is 0 Å². The van der Waals surface area contributed by atoms with Crippen LogP contribution in [0.5, 0.6) is 0 Å². The number of carbonyl (C=O) groups excluding carboxylic acids is 1. The van der Waals surface area contributed by atoms with E-state index in [1.165, 1.54) is 22.3 Å². The van der Waals surface area contributed by atoms with Crippen LogP contribution < -0.4 is 9.80 Å². The van der Waals surface area contributed by atoms with Crippen molar-refractivity contribution < 1.29 is 4.79 Å². The van der Waals surface area contributed by atoms with Gasteiger partial charge >= 0.3 is 0 Å². The molecule has 0 spiro atoms. The van der Waals surface area contributed by atoms with E-state index in [1.54, 1.807) is 0 Å². The van der Waals surface area contributed by atoms with Crippen LogP contribution >= 0.6 is 0 Å². The number of rotatable bonds is 6. The van der Waals surface area contributed by atoms with Gasteiger partial charge in [0.2, 0.25) is 5.91 Å². The Labute approximate surface area is 199 Å². The highest BCUT2D eigenvalue weighted by atomic mass is 16.2. The molecule has 0 bridgehead atoms. The minimum Gasteiger partial charge on any atom is -0.378 e. The molecular weight excluding hydrogens is 404 g/mol. The van der Waals surface area contributed by atoms with E-state index < -0.39 is 0 Å². The van der Waals surface area contributed by atoms with Gasteiger partial charge in [0.25, 0.3) is 0 Å². The predicted octanol–water partition coefficient (Wildman–Crippen LogP) is 6.84. The molecule has 172 valence electrons. The van der Waals surface area contributed by atoms with Crippen molar-refractivity contribution in [1.82, 2.24) is 0 Å². The zero-order valence-electron chi connectivity index (χ0n) is 20.6. The number of fused-ring (bicyclic) bond motifs is 1. The first-order chi connectivity index (χ1) is 15.8. The molecular formula is C30H36N2O. The summed E-state index contributed by atoms with van der Waals surface area (Å²) in [6, 6.07) is 23.7. The molecule has 1 aliphatic carbocycles. The summed E-state index contributed by atoms with van der Waals surface area (Å²) in [6.07, 6.45) is 3.04. The number of amides is 1. The van der Waals surface area contributed by atoms with Gasteiger partial charge in [-0.05, 0) is 78.6 Å². The zero-order chi connectivity index (χ0) is 23.5. The summed E-state index contributed by atoms with van der Waals surface area (Å²) >= 11 is 0. The number of benzene rings is 3. The van der Waals surface area contributed by atoms with Crippen molar-refractivity contribution in [2.45, 2.75) is 58.4 Å². The van der Waals surface area contributed by atoms with Crippen molar-refractivity contribution in [1.29, 1.82) is 0 Å². The van der Waals surface area contributed by atoms with E-state index >= 15 is 0 Å². The fraction of sp³-hybridized carbons (Fsp3) is 0.367. The smallest absolute Gasteiger partial charge is 0.234 e. The van der Waals surface area contributed by atoms with Gasteiger partial charge in [0.1, 0.15) is 0 Å². The lowest BCUT2D eigenvalue weighted by Crippen LogP contribution is -2.36. The van der Waals surface area contributed by atoms with Crippen LogP contribution in [0.4, 0.5) is 11.4 Å². The van der Waals surface area contributed by atoms with E-state index in [9.17, 15) is 4.79 Å². The van der Waals surface area contributed by atoms with E-state index in [-0.39, 0.29) is 11.8 Å². The maximum atomic E-state index is 14.1. The van der Waals surface area contributed by atoms with Crippen molar-refractivity contribution in [3.63, 3.8) is 0 Å². The van der Waals surface area contributed by atoms with Gasteiger partial charge < -0.3 is 9.80 Å². The normalized spacial score (nSPS) is 15.3. The molecule has 33 heavy (non-hydrogen) atoms. The van der Waals surface area contributed by atoms with Crippen LogP contribution in [0, 0.1) is 6.92 Å². The average Bonchev–Trinajstić information content (AvgIpc) is 2.82. The third kappa shape index (κ3) is 5.13. The third-order valence-corrected chi connectivity index (χ3v) is 6.84. The summed E-state index contributed by atoms with van der Waals surface area (Å²) < 4.78 is 0. The van der Waals surface area contributed by atoms with Crippen molar-refractivity contribution in [3.8, 4) is 0 Å². The Morgan fingerprint density at radius 3 is 2.24 bits per heavy atom. The molecule has 3 heteroatoms. The standard InChI is InChI=1S/C30H36N2O/c1-21(2)24-13-17-27(18-14-24)32(20-23-10-15-26(16-11-23)31(4)5)30(33)28-8-6-7-25-12-9-22(3)19-29(25)28/h9-19,21,28H,6-8,20H2,1-5H3.